The van der Waals surface area contributed by atoms with E-state index < -0.39 is 89.2 Å². The molecular formula is C56H73N7O11. The molecule has 18 nitrogen and oxygen atoms in total. The number of amides is 2. The third-order valence-corrected chi connectivity index (χ3v) is 15.9. The number of piperidine rings is 1. The zero-order valence-electron chi connectivity index (χ0n) is 44.3. The minimum absolute atomic E-state index is 0.0505. The number of esters is 1. The van der Waals surface area contributed by atoms with E-state index in [1.54, 1.807) is 63.9 Å². The van der Waals surface area contributed by atoms with Gasteiger partial charge in [-0.1, -0.05) is 72.8 Å². The van der Waals surface area contributed by atoms with E-state index in [1.807, 2.05) is 32.0 Å². The zero-order chi connectivity index (χ0) is 53.6. The third kappa shape index (κ3) is 10.5. The minimum atomic E-state index is -1.96. The van der Waals surface area contributed by atoms with E-state index in [0.29, 0.717) is 63.7 Å². The molecule has 1 spiro atoms. The summed E-state index contributed by atoms with van der Waals surface area (Å²) in [5.41, 5.74) is -0.161. The van der Waals surface area contributed by atoms with Gasteiger partial charge in [0.1, 0.15) is 46.2 Å². The fourth-order valence-electron chi connectivity index (χ4n) is 11.1. The number of hydrogen-bond acceptors (Lipinski definition) is 16. The van der Waals surface area contributed by atoms with Gasteiger partial charge in [0.2, 0.25) is 5.91 Å². The number of aliphatic hydroxyl groups excluding tert-OH is 2. The number of aromatic hydroxyl groups is 2. The van der Waals surface area contributed by atoms with E-state index in [0.717, 1.165) is 12.4 Å². The standard InChI is InChI=1S/C56H73N7O11/c1-30(2)29-61-21-18-56(19-22-61)59-44-41-42-49(68)37(9)52-43(41)53(70)55(10,74-52)72-27-17-31(3)34(6)51(73-40(65)28-39(64)63-25-23-62(24-26-63)38-16-11-12-20-57-38)36(8)48(67)35(7)47(66)32(4)14-13-15-33(5)54(71)58-46(50(42)69)45(44)60-56/h11-17,20,27,30-32,34-36,47-48,51,59,66-69H,18-19,21-26,28-29H2,1-10H3/b14-13+,27-17+,33-15-,58-46?/t31-,32-,34+,35+,36+,47-,48+,51+,55-/m0/s1. The van der Waals surface area contributed by atoms with Gasteiger partial charge >= 0.3 is 11.8 Å². The Balaban J connectivity index is 1.14. The maximum atomic E-state index is 14.9. The van der Waals surface area contributed by atoms with Crippen molar-refractivity contribution in [2.75, 3.05) is 56.0 Å². The van der Waals surface area contributed by atoms with E-state index in [9.17, 15) is 39.6 Å². The lowest BCUT2D eigenvalue weighted by Crippen LogP contribution is -2.50. The number of phenolic OH excluding ortho intramolecular Hbond substituents is 2. The number of fused-ring (bicyclic) bond motifs is 13. The van der Waals surface area contributed by atoms with E-state index in [2.05, 4.69) is 38.9 Å². The topological polar surface area (TPSA) is 236 Å². The zero-order valence-corrected chi connectivity index (χ0v) is 44.3. The molecule has 0 saturated carbocycles. The number of ether oxygens (including phenoxy) is 3. The first-order valence-corrected chi connectivity index (χ1v) is 26.0. The highest BCUT2D eigenvalue weighted by Crippen LogP contribution is 2.51. The first-order valence-electron chi connectivity index (χ1n) is 26.0. The highest BCUT2D eigenvalue weighted by atomic mass is 16.7. The average molecular weight is 1020 g/mol. The van der Waals surface area contributed by atoms with Gasteiger partial charge in [-0.2, -0.15) is 0 Å². The van der Waals surface area contributed by atoms with E-state index >= 15 is 0 Å². The van der Waals surface area contributed by atoms with Crippen LogP contribution in [0.25, 0.3) is 10.8 Å². The van der Waals surface area contributed by atoms with Crippen molar-refractivity contribution < 1.29 is 53.8 Å². The molecule has 5 bridgehead atoms. The number of piperazine rings is 1. The van der Waals surface area contributed by atoms with Crippen LogP contribution >= 0.6 is 0 Å². The van der Waals surface area contributed by atoms with Crippen molar-refractivity contribution in [2.45, 2.75) is 118 Å². The van der Waals surface area contributed by atoms with Gasteiger partial charge in [0, 0.05) is 106 Å². The number of rotatable bonds is 6. The summed E-state index contributed by atoms with van der Waals surface area (Å²) in [5, 5.41) is 51.4. The summed E-state index contributed by atoms with van der Waals surface area (Å²) < 4.78 is 18.8. The van der Waals surface area contributed by atoms with Crippen molar-refractivity contribution in [3.8, 4) is 17.2 Å². The Labute approximate surface area is 432 Å². The van der Waals surface area contributed by atoms with Crippen molar-refractivity contribution >= 4 is 45.8 Å². The van der Waals surface area contributed by atoms with Gasteiger partial charge in [0.25, 0.3) is 11.7 Å². The number of Topliss-reactive ketones (excluding diaryl/α,β-unsaturated/α-hetero) is 1. The molecule has 0 radical (unpaired) electrons. The van der Waals surface area contributed by atoms with E-state index in [1.165, 1.54) is 19.3 Å². The van der Waals surface area contributed by atoms with Crippen LogP contribution in [-0.2, 0) is 23.9 Å². The fourth-order valence-corrected chi connectivity index (χ4v) is 11.1. The van der Waals surface area contributed by atoms with Crippen LogP contribution in [0.4, 0.5) is 11.5 Å². The summed E-state index contributed by atoms with van der Waals surface area (Å²) >= 11 is 0. The van der Waals surface area contributed by atoms with Crippen molar-refractivity contribution in [1.82, 2.24) is 14.8 Å². The highest BCUT2D eigenvalue weighted by Gasteiger charge is 2.51. The molecule has 2 amide bonds. The summed E-state index contributed by atoms with van der Waals surface area (Å²) in [5.74, 6) is -6.99. The van der Waals surface area contributed by atoms with Gasteiger partial charge in [-0.3, -0.25) is 24.2 Å². The molecule has 2 aromatic carbocycles. The first-order chi connectivity index (χ1) is 35.0. The predicted octanol–water partition coefficient (Wildman–Crippen LogP) is 5.48. The normalized spacial score (nSPS) is 30.2. The van der Waals surface area contributed by atoms with Gasteiger partial charge in [-0.25, -0.2) is 9.98 Å². The maximum Gasteiger partial charge on any atom is 0.315 e. The van der Waals surface area contributed by atoms with Crippen LogP contribution in [0.15, 0.2) is 70.5 Å². The Morgan fingerprint density at radius 3 is 2.24 bits per heavy atom. The quantitative estimate of drug-likeness (QED) is 0.117. The van der Waals surface area contributed by atoms with Crippen LogP contribution in [0, 0.1) is 42.4 Å². The second-order valence-corrected chi connectivity index (χ2v) is 21.7. The summed E-state index contributed by atoms with van der Waals surface area (Å²) in [6.45, 7) is 22.1. The molecule has 74 heavy (non-hydrogen) atoms. The summed E-state index contributed by atoms with van der Waals surface area (Å²) in [6, 6.07) is 5.65. The minimum Gasteiger partial charge on any atom is -0.507 e. The largest absolute Gasteiger partial charge is 0.507 e. The number of allylic oxidation sites excluding steroid dienone is 3. The summed E-state index contributed by atoms with van der Waals surface area (Å²) in [6.07, 6.45) is 6.97. The number of nitrogens with zero attached hydrogens (tertiary/aromatic N) is 6. The number of phenols is 2. The molecule has 0 aliphatic carbocycles. The molecule has 6 aliphatic heterocycles. The number of aliphatic hydroxyl groups is 2. The molecule has 0 unspecified atom stereocenters. The molecule has 7 heterocycles. The SMILES string of the molecule is C/C1=C/C=C/[C@H](C)[C@H](O)[C@@H](C)[C@@H](O)[C@@H](C)[C@H](OC(=O)CC(=O)N2CCN(c3ccccn3)CC2)[C@H](C)[C@@H](C)/C=C/O[C@@]2(C)Oc3c(C)c(O)c4c(O)c(c5c(c4c3C2=O)NC2(CCN(CC(C)C)CC2)N=5)=NC1=O. The molecule has 1 aromatic heterocycles. The Kier molecular flexibility index (Phi) is 15.6. The lowest BCUT2D eigenvalue weighted by molar-refractivity contribution is -0.163. The second kappa shape index (κ2) is 21.5. The number of anilines is 2. The molecule has 18 heteroatoms. The number of carbonyl (C=O) groups excluding carboxylic acids is 4. The Morgan fingerprint density at radius 2 is 1.58 bits per heavy atom. The molecule has 2 saturated heterocycles. The van der Waals surface area contributed by atoms with E-state index in [-0.39, 0.29) is 55.6 Å². The summed E-state index contributed by atoms with van der Waals surface area (Å²) in [7, 11) is 0. The molecule has 9 atom stereocenters. The number of nitrogens with one attached hydrogen (secondary N) is 1. The Morgan fingerprint density at radius 1 is 0.878 bits per heavy atom. The predicted molar refractivity (Wildman–Crippen MR) is 278 cm³/mol. The lowest BCUT2D eigenvalue weighted by atomic mass is 9.77. The highest BCUT2D eigenvalue weighted by molar-refractivity contribution is 6.21. The number of benzene rings is 2. The maximum absolute atomic E-state index is 14.9. The van der Waals surface area contributed by atoms with Gasteiger partial charge in [0.15, 0.2) is 5.75 Å². The number of hydrogen-bond donors (Lipinski definition) is 5. The van der Waals surface area contributed by atoms with Crippen LogP contribution in [0.2, 0.25) is 0 Å². The number of aromatic nitrogens is 1. The van der Waals surface area contributed by atoms with Crippen LogP contribution in [0.1, 0.15) is 97.5 Å². The monoisotopic (exact) mass is 1020 g/mol. The van der Waals surface area contributed by atoms with Gasteiger partial charge < -0.3 is 54.7 Å². The molecule has 5 N–H and O–H groups in total. The molecule has 2 fully saturated rings. The van der Waals surface area contributed by atoms with Gasteiger partial charge in [-0.05, 0) is 49.8 Å². The van der Waals surface area contributed by atoms with Crippen LogP contribution in [0.5, 0.6) is 17.2 Å². The van der Waals surface area contributed by atoms with Crippen molar-refractivity contribution in [3.63, 3.8) is 0 Å². The third-order valence-electron chi connectivity index (χ3n) is 15.9. The summed E-state index contributed by atoms with van der Waals surface area (Å²) in [4.78, 5) is 76.4. The van der Waals surface area contributed by atoms with Crippen molar-refractivity contribution in [3.05, 3.63) is 82.4 Å². The number of likely N-dealkylation sites (tertiary alicyclic amines) is 1. The molecule has 398 valence electrons. The second-order valence-electron chi connectivity index (χ2n) is 21.7. The van der Waals surface area contributed by atoms with E-state index in [4.69, 9.17) is 19.2 Å². The molecule has 3 aromatic rings. The van der Waals surface area contributed by atoms with Crippen molar-refractivity contribution in [2.24, 2.45) is 45.5 Å². The number of pyridine rings is 1. The Hall–Kier alpha value is -6.37. The number of ketones is 1. The van der Waals surface area contributed by atoms with Gasteiger partial charge in [0.05, 0.1) is 35.1 Å². The number of carbonyl (C=O) groups is 4. The first kappa shape index (κ1) is 53.9. The molecule has 6 aliphatic rings. The molecular weight excluding hydrogens is 947 g/mol. The van der Waals surface area contributed by atoms with Gasteiger partial charge in [-0.15, -0.1) is 0 Å². The molecule has 9 rings (SSSR count). The smallest absolute Gasteiger partial charge is 0.315 e. The lowest BCUT2D eigenvalue weighted by Gasteiger charge is -2.38. The fraction of sp³-hybridized carbons (Fsp3) is 0.554. The van der Waals surface area contributed by atoms with Crippen molar-refractivity contribution in [1.29, 1.82) is 0 Å². The average Bonchev–Trinajstić information content (AvgIpc) is 3.88. The Bertz CT molecular complexity index is 2890. The van der Waals surface area contributed by atoms with Crippen LogP contribution in [0.3, 0.4) is 0 Å². The van der Waals surface area contributed by atoms with Crippen LogP contribution in [-0.4, -0.2) is 134 Å². The van der Waals surface area contributed by atoms with Crippen LogP contribution < -0.4 is 25.7 Å².